The zero-order chi connectivity index (χ0) is 3.54. The second kappa shape index (κ2) is 5.66. The van der Waals surface area contributed by atoms with Crippen molar-refractivity contribution in [3.8, 4) is 0 Å². The van der Waals surface area contributed by atoms with Crippen LogP contribution in [0.3, 0.4) is 0 Å². The fourth-order valence-corrected chi connectivity index (χ4v) is 0.589. The van der Waals surface area contributed by atoms with Crippen LogP contribution in [0, 0.1) is 0 Å². The van der Waals surface area contributed by atoms with E-state index in [4.69, 9.17) is 0 Å². The lowest BCUT2D eigenvalue weighted by atomic mass is 10.4. The van der Waals surface area contributed by atoms with E-state index in [1.807, 2.05) is 0 Å². The molecule has 1 rings (SSSR count). The summed E-state index contributed by atoms with van der Waals surface area (Å²) < 4.78 is 0. The third-order valence-electron chi connectivity index (χ3n) is 0.908. The molecule has 0 fully saturated rings. The van der Waals surface area contributed by atoms with Crippen molar-refractivity contribution in [2.75, 3.05) is 0 Å². The molecule has 0 bridgehead atoms. The summed E-state index contributed by atoms with van der Waals surface area (Å²) in [5, 5.41) is 0. The van der Waals surface area contributed by atoms with Gasteiger partial charge >= 0.3 is 0 Å². The van der Waals surface area contributed by atoms with E-state index in [1.165, 1.54) is 19.3 Å². The van der Waals surface area contributed by atoms with E-state index in [2.05, 4.69) is 12.2 Å². The SMILES string of the molecule is C1=CCCC1.N.N. The minimum absolute atomic E-state index is 0. The molecule has 44 valence electrons. The number of hydrogen-bond acceptors (Lipinski definition) is 2. The van der Waals surface area contributed by atoms with Crippen LogP contribution in [0.5, 0.6) is 0 Å². The maximum Gasteiger partial charge on any atom is -0.0348 e. The standard InChI is InChI=1S/C5H8.2H3N/c1-2-4-5-3-1;;/h1-2H,3-5H2;2*1H3. The average molecular weight is 102 g/mol. The largest absolute Gasteiger partial charge is 0.344 e. The minimum atomic E-state index is 0. The molecule has 2 heteroatoms. The molecular weight excluding hydrogens is 88.1 g/mol. The maximum atomic E-state index is 2.24. The van der Waals surface area contributed by atoms with Crippen LogP contribution in [0.25, 0.3) is 0 Å². The fourth-order valence-electron chi connectivity index (χ4n) is 0.589. The zero-order valence-corrected chi connectivity index (χ0v) is 4.69. The summed E-state index contributed by atoms with van der Waals surface area (Å²) in [6.07, 6.45) is 8.50. The van der Waals surface area contributed by atoms with Crippen LogP contribution in [0.4, 0.5) is 0 Å². The van der Waals surface area contributed by atoms with Crippen LogP contribution in [0.1, 0.15) is 19.3 Å². The van der Waals surface area contributed by atoms with Crippen LogP contribution in [-0.4, -0.2) is 0 Å². The van der Waals surface area contributed by atoms with Crippen LogP contribution in [0.2, 0.25) is 0 Å². The summed E-state index contributed by atoms with van der Waals surface area (Å²) in [5.41, 5.74) is 0. The molecule has 0 aromatic heterocycles. The summed E-state index contributed by atoms with van der Waals surface area (Å²) >= 11 is 0. The van der Waals surface area contributed by atoms with Gasteiger partial charge in [-0.05, 0) is 19.3 Å². The predicted molar refractivity (Wildman–Crippen MR) is 33.0 cm³/mol. The van der Waals surface area contributed by atoms with Gasteiger partial charge in [-0.1, -0.05) is 12.2 Å². The summed E-state index contributed by atoms with van der Waals surface area (Å²) in [5.74, 6) is 0. The molecule has 6 N–H and O–H groups in total. The highest BCUT2D eigenvalue weighted by Gasteiger charge is 1.84. The molecule has 2 nitrogen and oxygen atoms in total. The molecule has 0 unspecified atom stereocenters. The topological polar surface area (TPSA) is 70.0 Å². The Labute approximate surface area is 44.8 Å². The van der Waals surface area contributed by atoms with Crippen molar-refractivity contribution in [2.24, 2.45) is 0 Å². The average Bonchev–Trinajstić information content (AvgIpc) is 1.76. The Morgan fingerprint density at radius 2 is 1.29 bits per heavy atom. The highest BCUT2D eigenvalue weighted by Crippen LogP contribution is 2.05. The molecule has 0 saturated carbocycles. The van der Waals surface area contributed by atoms with Crippen molar-refractivity contribution in [3.05, 3.63) is 12.2 Å². The van der Waals surface area contributed by atoms with E-state index < -0.39 is 0 Å². The third kappa shape index (κ3) is 3.49. The minimum Gasteiger partial charge on any atom is -0.344 e. The predicted octanol–water partition coefficient (Wildman–Crippen LogP) is 2.05. The highest BCUT2D eigenvalue weighted by atomic mass is 14.0. The molecule has 0 amide bonds. The molecule has 0 saturated heterocycles. The Morgan fingerprint density at radius 1 is 0.857 bits per heavy atom. The van der Waals surface area contributed by atoms with Gasteiger partial charge in [0, 0.05) is 0 Å². The first-order valence-corrected chi connectivity index (χ1v) is 2.15. The van der Waals surface area contributed by atoms with E-state index in [1.54, 1.807) is 0 Å². The molecule has 0 aromatic carbocycles. The molecule has 0 aliphatic heterocycles. The van der Waals surface area contributed by atoms with Gasteiger partial charge in [0.05, 0.1) is 0 Å². The van der Waals surface area contributed by atoms with E-state index in [9.17, 15) is 0 Å². The van der Waals surface area contributed by atoms with E-state index in [-0.39, 0.29) is 12.3 Å². The summed E-state index contributed by atoms with van der Waals surface area (Å²) in [4.78, 5) is 0. The van der Waals surface area contributed by atoms with Gasteiger partial charge in [0.1, 0.15) is 0 Å². The van der Waals surface area contributed by atoms with Crippen molar-refractivity contribution < 1.29 is 0 Å². The molecule has 0 spiro atoms. The molecule has 0 aromatic rings. The monoisotopic (exact) mass is 102 g/mol. The van der Waals surface area contributed by atoms with Gasteiger partial charge in [-0.3, -0.25) is 0 Å². The van der Waals surface area contributed by atoms with Crippen molar-refractivity contribution in [1.29, 1.82) is 0 Å². The summed E-state index contributed by atoms with van der Waals surface area (Å²) in [7, 11) is 0. The van der Waals surface area contributed by atoms with Gasteiger partial charge in [0.15, 0.2) is 0 Å². The van der Waals surface area contributed by atoms with Crippen LogP contribution < -0.4 is 12.3 Å². The molecular formula is C5H14N2. The van der Waals surface area contributed by atoms with E-state index >= 15 is 0 Å². The van der Waals surface area contributed by atoms with Crippen LogP contribution >= 0.6 is 0 Å². The smallest absolute Gasteiger partial charge is 0.0348 e. The first-order chi connectivity index (χ1) is 2.50. The van der Waals surface area contributed by atoms with Crippen LogP contribution in [0.15, 0.2) is 12.2 Å². The zero-order valence-electron chi connectivity index (χ0n) is 4.69. The first-order valence-electron chi connectivity index (χ1n) is 2.15. The Morgan fingerprint density at radius 3 is 1.43 bits per heavy atom. The fraction of sp³-hybridized carbons (Fsp3) is 0.600. The van der Waals surface area contributed by atoms with Crippen molar-refractivity contribution >= 4 is 0 Å². The van der Waals surface area contributed by atoms with Gasteiger partial charge < -0.3 is 12.3 Å². The Kier molecular flexibility index (Phi) is 7.94. The molecule has 0 radical (unpaired) electrons. The second-order valence-electron chi connectivity index (χ2n) is 1.40. The Balaban J connectivity index is 0. The van der Waals surface area contributed by atoms with Crippen molar-refractivity contribution in [1.82, 2.24) is 12.3 Å². The van der Waals surface area contributed by atoms with E-state index in [0.717, 1.165) is 0 Å². The van der Waals surface area contributed by atoms with Crippen LogP contribution in [-0.2, 0) is 0 Å². The van der Waals surface area contributed by atoms with Gasteiger partial charge in [0.25, 0.3) is 0 Å². The lowest BCUT2D eigenvalue weighted by Gasteiger charge is -1.69. The Hall–Kier alpha value is -0.340. The molecule has 7 heavy (non-hydrogen) atoms. The summed E-state index contributed by atoms with van der Waals surface area (Å²) in [6.45, 7) is 0. The van der Waals surface area contributed by atoms with Gasteiger partial charge in [-0.25, -0.2) is 0 Å². The third-order valence-corrected chi connectivity index (χ3v) is 0.908. The van der Waals surface area contributed by atoms with Gasteiger partial charge in [-0.15, -0.1) is 0 Å². The highest BCUT2D eigenvalue weighted by molar-refractivity contribution is 4.88. The lowest BCUT2D eigenvalue weighted by Crippen LogP contribution is -1.50. The number of rotatable bonds is 0. The quantitative estimate of drug-likeness (QED) is 0.459. The Bertz CT molecular complexity index is 44.0. The number of allylic oxidation sites excluding steroid dienone is 2. The molecule has 0 heterocycles. The molecule has 0 atom stereocenters. The maximum absolute atomic E-state index is 2.24. The normalized spacial score (nSPS) is 14.9. The molecule has 1 aliphatic rings. The second-order valence-corrected chi connectivity index (χ2v) is 1.40. The van der Waals surface area contributed by atoms with Gasteiger partial charge in [0.2, 0.25) is 0 Å². The van der Waals surface area contributed by atoms with E-state index in [0.29, 0.717) is 0 Å². The van der Waals surface area contributed by atoms with Gasteiger partial charge in [-0.2, -0.15) is 0 Å². The summed E-state index contributed by atoms with van der Waals surface area (Å²) in [6, 6.07) is 0. The molecule has 1 aliphatic carbocycles. The lowest BCUT2D eigenvalue weighted by molar-refractivity contribution is 0.929. The number of hydrogen-bond donors (Lipinski definition) is 2. The van der Waals surface area contributed by atoms with Crippen molar-refractivity contribution in [2.45, 2.75) is 19.3 Å². The van der Waals surface area contributed by atoms with Crippen molar-refractivity contribution in [3.63, 3.8) is 0 Å². The first kappa shape index (κ1) is 9.83.